The first kappa shape index (κ1) is 27.0. The Morgan fingerprint density at radius 1 is 1.31 bits per heavy atom. The molecule has 0 radical (unpaired) electrons. The second kappa shape index (κ2) is 11.5. The van der Waals surface area contributed by atoms with E-state index in [9.17, 15) is 17.6 Å². The fraction of sp³-hybridized carbons (Fsp3) is 0.400. The maximum atomic E-state index is 13.8. The van der Waals surface area contributed by atoms with Crippen molar-refractivity contribution in [1.82, 2.24) is 4.31 Å². The molecule has 1 heterocycles. The minimum Gasteiger partial charge on any atom is -0.476 e. The summed E-state index contributed by atoms with van der Waals surface area (Å²) in [5.74, 6) is -3.17. The Balaban J connectivity index is 2.20. The van der Waals surface area contributed by atoms with Gasteiger partial charge < -0.3 is 14.7 Å². The molecule has 0 fully saturated rings. The zero-order chi connectivity index (χ0) is 25.8. The van der Waals surface area contributed by atoms with Crippen LogP contribution in [-0.4, -0.2) is 49.7 Å². The molecule has 2 aromatic carbocycles. The Kier molecular flexibility index (Phi) is 8.84. The van der Waals surface area contributed by atoms with Gasteiger partial charge in [0.1, 0.15) is 16.9 Å². The molecule has 0 spiro atoms. The molecule has 7 nitrogen and oxygen atoms in total. The Hall–Kier alpha value is -2.56. The molecule has 10 heteroatoms. The van der Waals surface area contributed by atoms with Gasteiger partial charge in [-0.2, -0.15) is 8.70 Å². The number of nitrogens with zero attached hydrogens (tertiary/aromatic N) is 2. The number of carboxylic acid groups (broad SMARTS) is 1. The van der Waals surface area contributed by atoms with E-state index >= 15 is 0 Å². The molecule has 1 aliphatic heterocycles. The topological polar surface area (TPSA) is 87.1 Å². The number of likely N-dealkylation sites (N-methyl/N-ethyl adjacent to an activating group) is 1. The zero-order valence-electron chi connectivity index (χ0n) is 20.3. The highest BCUT2D eigenvalue weighted by molar-refractivity contribution is 7.98. The number of hydrogen-bond donors (Lipinski definition) is 1. The molecule has 3 rings (SSSR count). The number of aliphatic carboxylic acids is 1. The van der Waals surface area contributed by atoms with Gasteiger partial charge in [0.05, 0.1) is 16.6 Å². The lowest BCUT2D eigenvalue weighted by Crippen LogP contribution is -2.42. The number of carboxylic acids is 1. The van der Waals surface area contributed by atoms with Crippen molar-refractivity contribution in [3.05, 3.63) is 60.1 Å². The highest BCUT2D eigenvalue weighted by Crippen LogP contribution is 2.43. The summed E-state index contributed by atoms with van der Waals surface area (Å²) in [5.41, 5.74) is 1.58. The summed E-state index contributed by atoms with van der Waals surface area (Å²) in [7, 11) is -2.33. The highest BCUT2D eigenvalue weighted by atomic mass is 32.2. The summed E-state index contributed by atoms with van der Waals surface area (Å²) in [4.78, 5) is 13.5. The Morgan fingerprint density at radius 2 is 2.00 bits per heavy atom. The van der Waals surface area contributed by atoms with Crippen LogP contribution in [0.1, 0.15) is 44.7 Å². The van der Waals surface area contributed by atoms with E-state index in [-0.39, 0.29) is 22.7 Å². The fourth-order valence-electron chi connectivity index (χ4n) is 4.16. The van der Waals surface area contributed by atoms with Gasteiger partial charge in [0.15, 0.2) is 0 Å². The van der Waals surface area contributed by atoms with Crippen molar-refractivity contribution in [2.75, 3.05) is 24.7 Å². The number of halogens is 1. The van der Waals surface area contributed by atoms with E-state index in [0.29, 0.717) is 29.8 Å². The molecule has 2 aromatic rings. The van der Waals surface area contributed by atoms with Crippen LogP contribution in [0.5, 0.6) is 5.75 Å². The van der Waals surface area contributed by atoms with E-state index in [0.717, 1.165) is 18.4 Å². The molecular weight excluding hydrogens is 491 g/mol. The number of sulfonamides is 1. The maximum absolute atomic E-state index is 13.8. The first-order valence-corrected chi connectivity index (χ1v) is 14.1. The summed E-state index contributed by atoms with van der Waals surface area (Å²) >= 11 is 1.30. The van der Waals surface area contributed by atoms with Gasteiger partial charge in [-0.05, 0) is 31.2 Å². The predicted molar refractivity (Wildman–Crippen MR) is 136 cm³/mol. The molecule has 0 bridgehead atoms. The quantitative estimate of drug-likeness (QED) is 0.266. The number of benzene rings is 2. The van der Waals surface area contributed by atoms with Crippen molar-refractivity contribution < 1.29 is 27.4 Å². The number of fused-ring (bicyclic) bond motifs is 1. The van der Waals surface area contributed by atoms with E-state index in [1.165, 1.54) is 22.1 Å². The highest BCUT2D eigenvalue weighted by Gasteiger charge is 2.38. The Morgan fingerprint density at radius 3 is 2.60 bits per heavy atom. The molecule has 0 aromatic heterocycles. The van der Waals surface area contributed by atoms with Crippen LogP contribution in [0.2, 0.25) is 0 Å². The Labute approximate surface area is 210 Å². The van der Waals surface area contributed by atoms with E-state index in [2.05, 4.69) is 11.8 Å². The van der Waals surface area contributed by atoms with Crippen LogP contribution < -0.4 is 9.64 Å². The largest absolute Gasteiger partial charge is 0.476 e. The summed E-state index contributed by atoms with van der Waals surface area (Å²) in [5, 5.41) is 8.80. The molecule has 1 N–H and O–H groups in total. The van der Waals surface area contributed by atoms with Crippen molar-refractivity contribution in [2.45, 2.75) is 55.0 Å². The van der Waals surface area contributed by atoms with Gasteiger partial charge >= 0.3 is 5.97 Å². The van der Waals surface area contributed by atoms with Crippen LogP contribution in [0, 0.1) is 0 Å². The van der Waals surface area contributed by atoms with E-state index < -0.39 is 21.8 Å². The molecule has 0 aliphatic carbocycles. The van der Waals surface area contributed by atoms with E-state index in [4.69, 9.17) is 9.84 Å². The van der Waals surface area contributed by atoms with Crippen LogP contribution in [0.15, 0.2) is 64.3 Å². The van der Waals surface area contributed by atoms with Gasteiger partial charge in [-0.25, -0.2) is 13.2 Å². The zero-order valence-corrected chi connectivity index (χ0v) is 21.9. The van der Waals surface area contributed by atoms with Crippen molar-refractivity contribution in [2.24, 2.45) is 0 Å². The van der Waals surface area contributed by atoms with Crippen LogP contribution in [0.3, 0.4) is 0 Å². The first-order chi connectivity index (χ1) is 16.6. The molecule has 1 aliphatic rings. The first-order valence-electron chi connectivity index (χ1n) is 11.4. The third-order valence-corrected chi connectivity index (χ3v) is 8.97. The second-order valence-electron chi connectivity index (χ2n) is 8.42. The average molecular weight is 523 g/mol. The molecule has 35 heavy (non-hydrogen) atoms. The Bertz CT molecular complexity index is 1190. The number of rotatable bonds is 9. The molecule has 190 valence electrons. The van der Waals surface area contributed by atoms with Crippen LogP contribution in [-0.2, 0) is 14.8 Å². The van der Waals surface area contributed by atoms with Gasteiger partial charge in [0, 0.05) is 25.7 Å². The molecule has 0 saturated heterocycles. The molecule has 0 amide bonds. The van der Waals surface area contributed by atoms with Gasteiger partial charge in [-0.15, -0.1) is 11.8 Å². The van der Waals surface area contributed by atoms with Crippen LogP contribution in [0.4, 0.5) is 10.1 Å². The molecular formula is C25H31FN2O5S2. The smallest absolute Gasteiger partial charge is 0.368 e. The number of unbranched alkanes of at least 4 members (excludes halogenated alkanes) is 1. The third-order valence-electron chi connectivity index (χ3n) is 6.27. The third kappa shape index (κ3) is 5.82. The number of hydrogen-bond acceptors (Lipinski definition) is 6. The van der Waals surface area contributed by atoms with Gasteiger partial charge in [0.2, 0.25) is 15.9 Å². The lowest BCUT2D eigenvalue weighted by molar-refractivity contribution is -0.134. The molecule has 2 atom stereocenters. The number of carbonyl (C=O) groups is 1. The van der Waals surface area contributed by atoms with Crippen LogP contribution in [0.25, 0.3) is 0 Å². The standard InChI is InChI=1S/C25H31FN2O5S2/c1-5-6-12-19-15-28(17(2)18-10-8-7-9-11-18)21-13-23(34-4)22(33-16-20(26)25(29)30)14-24(21)35(31,32)27(19)3/h7-11,13-14,16-17,19H,5-6,12,15H2,1-4H3,(H,29,30)/b20-16-. The van der Waals surface area contributed by atoms with E-state index in [1.54, 1.807) is 19.4 Å². The van der Waals surface area contributed by atoms with Crippen molar-refractivity contribution in [3.8, 4) is 5.75 Å². The van der Waals surface area contributed by atoms with Crippen molar-refractivity contribution in [3.63, 3.8) is 0 Å². The number of ether oxygens (including phenoxy) is 1. The lowest BCUT2D eigenvalue weighted by atomic mass is 10.0. The van der Waals surface area contributed by atoms with Gasteiger partial charge in [-0.1, -0.05) is 50.1 Å². The van der Waals surface area contributed by atoms with Gasteiger partial charge in [-0.3, -0.25) is 0 Å². The molecule has 0 saturated carbocycles. The molecule has 2 unspecified atom stereocenters. The number of anilines is 1. The van der Waals surface area contributed by atoms with Crippen molar-refractivity contribution >= 4 is 33.4 Å². The van der Waals surface area contributed by atoms with Gasteiger partial charge in [0.25, 0.3) is 0 Å². The fourth-order valence-corrected chi connectivity index (χ4v) is 6.27. The maximum Gasteiger partial charge on any atom is 0.368 e. The van der Waals surface area contributed by atoms with E-state index in [1.807, 2.05) is 37.3 Å². The summed E-state index contributed by atoms with van der Waals surface area (Å²) < 4.78 is 47.8. The SMILES string of the molecule is CCCCC1CN(C(C)c2ccccc2)c2cc(SC)c(O/C=C(\F)C(=O)O)cc2S(=O)(=O)N1C. The minimum absolute atomic E-state index is 0.0405. The summed E-state index contributed by atoms with van der Waals surface area (Å²) in [6, 6.07) is 12.6. The monoisotopic (exact) mass is 522 g/mol. The number of thioether (sulfide) groups is 1. The van der Waals surface area contributed by atoms with Crippen molar-refractivity contribution in [1.29, 1.82) is 0 Å². The normalized spacial score (nSPS) is 19.1. The minimum atomic E-state index is -3.92. The summed E-state index contributed by atoms with van der Waals surface area (Å²) in [6.07, 6.45) is 4.81. The summed E-state index contributed by atoms with van der Waals surface area (Å²) in [6.45, 7) is 4.62. The van der Waals surface area contributed by atoms with Crippen LogP contribution >= 0.6 is 11.8 Å². The average Bonchev–Trinajstić information content (AvgIpc) is 2.93. The second-order valence-corrected chi connectivity index (χ2v) is 11.2. The lowest BCUT2D eigenvalue weighted by Gasteiger charge is -2.34. The predicted octanol–water partition coefficient (Wildman–Crippen LogP) is 5.44.